The molecular weight excluding hydrogens is 208 g/mol. The van der Waals surface area contributed by atoms with Crippen molar-refractivity contribution in [3.63, 3.8) is 0 Å². The van der Waals surface area contributed by atoms with E-state index in [-0.39, 0.29) is 5.41 Å². The molecule has 0 aliphatic heterocycles. The van der Waals surface area contributed by atoms with Gasteiger partial charge >= 0.3 is 0 Å². The van der Waals surface area contributed by atoms with E-state index in [1.54, 1.807) is 0 Å². The molecule has 0 amide bonds. The summed E-state index contributed by atoms with van der Waals surface area (Å²) in [4.78, 5) is 2.13. The second-order valence-electron chi connectivity index (χ2n) is 5.60. The fourth-order valence-electron chi connectivity index (χ4n) is 1.76. The molecule has 0 unspecified atom stereocenters. The molecule has 1 aromatic carbocycles. The van der Waals surface area contributed by atoms with Gasteiger partial charge in [0.1, 0.15) is 0 Å². The maximum absolute atomic E-state index is 4.04. The van der Waals surface area contributed by atoms with Crippen molar-refractivity contribution in [1.29, 1.82) is 0 Å². The van der Waals surface area contributed by atoms with Crippen molar-refractivity contribution in [3.8, 4) is 0 Å². The molecule has 2 nitrogen and oxygen atoms in total. The van der Waals surface area contributed by atoms with Crippen LogP contribution in [-0.2, 0) is 5.41 Å². The van der Waals surface area contributed by atoms with Crippen LogP contribution in [0.5, 0.6) is 0 Å². The molecule has 0 heterocycles. The molecule has 1 rings (SSSR count). The Kier molecular flexibility index (Phi) is 3.87. The lowest BCUT2D eigenvalue weighted by molar-refractivity contribution is 0.590. The van der Waals surface area contributed by atoms with Gasteiger partial charge in [-0.2, -0.15) is 0 Å². The molecule has 17 heavy (non-hydrogen) atoms. The van der Waals surface area contributed by atoms with E-state index in [1.807, 2.05) is 7.05 Å². The Labute approximate surface area is 105 Å². The maximum atomic E-state index is 4.04. The van der Waals surface area contributed by atoms with Gasteiger partial charge in [0.2, 0.25) is 0 Å². The predicted octanol–water partition coefficient (Wildman–Crippen LogP) is 3.24. The van der Waals surface area contributed by atoms with Gasteiger partial charge in [-0.05, 0) is 17.0 Å². The van der Waals surface area contributed by atoms with E-state index in [0.29, 0.717) is 0 Å². The maximum Gasteiger partial charge on any atom is 0.0458 e. The Morgan fingerprint density at radius 3 is 2.24 bits per heavy atom. The van der Waals surface area contributed by atoms with Gasteiger partial charge < -0.3 is 10.2 Å². The van der Waals surface area contributed by atoms with Gasteiger partial charge in [-0.3, -0.25) is 0 Å². The second kappa shape index (κ2) is 4.82. The summed E-state index contributed by atoms with van der Waals surface area (Å²) in [6.07, 6.45) is 0. The summed E-state index contributed by atoms with van der Waals surface area (Å²) in [7, 11) is 6.03. The Balaban J connectivity index is 3.32. The fraction of sp³-hybridized carbons (Fsp3) is 0.467. The lowest BCUT2D eigenvalue weighted by atomic mass is 9.86. The van der Waals surface area contributed by atoms with Gasteiger partial charge in [-0.25, -0.2) is 0 Å². The summed E-state index contributed by atoms with van der Waals surface area (Å²) in [6.45, 7) is 10.7. The number of hydrogen-bond donors (Lipinski definition) is 1. The molecule has 0 aromatic heterocycles. The van der Waals surface area contributed by atoms with Crippen molar-refractivity contribution in [1.82, 2.24) is 5.32 Å². The summed E-state index contributed by atoms with van der Waals surface area (Å²) >= 11 is 0. The Morgan fingerprint density at radius 1 is 1.24 bits per heavy atom. The van der Waals surface area contributed by atoms with Gasteiger partial charge in [0, 0.05) is 38.1 Å². The van der Waals surface area contributed by atoms with Gasteiger partial charge in [-0.1, -0.05) is 39.5 Å². The quantitative estimate of drug-likeness (QED) is 0.860. The van der Waals surface area contributed by atoms with Crippen molar-refractivity contribution in [2.75, 3.05) is 26.0 Å². The molecule has 0 saturated heterocycles. The molecule has 1 aromatic rings. The first kappa shape index (κ1) is 13.6. The van der Waals surface area contributed by atoms with Crippen LogP contribution in [0, 0.1) is 0 Å². The second-order valence-corrected chi connectivity index (χ2v) is 5.60. The van der Waals surface area contributed by atoms with E-state index in [1.165, 1.54) is 11.3 Å². The minimum Gasteiger partial charge on any atom is -0.388 e. The summed E-state index contributed by atoms with van der Waals surface area (Å²) in [5.41, 5.74) is 4.83. The van der Waals surface area contributed by atoms with Gasteiger partial charge in [0.25, 0.3) is 0 Å². The molecule has 0 bridgehead atoms. The largest absolute Gasteiger partial charge is 0.388 e. The number of rotatable bonds is 3. The smallest absolute Gasteiger partial charge is 0.0458 e. The molecular formula is C15H24N2. The highest BCUT2D eigenvalue weighted by Crippen LogP contribution is 2.30. The Bertz CT molecular complexity index is 411. The van der Waals surface area contributed by atoms with E-state index in [2.05, 4.69) is 69.9 Å². The van der Waals surface area contributed by atoms with Crippen LogP contribution in [0.1, 0.15) is 31.9 Å². The van der Waals surface area contributed by atoms with Crippen molar-refractivity contribution >= 4 is 11.4 Å². The van der Waals surface area contributed by atoms with Crippen molar-refractivity contribution < 1.29 is 0 Å². The molecule has 0 radical (unpaired) electrons. The zero-order valence-corrected chi connectivity index (χ0v) is 11.9. The highest BCUT2D eigenvalue weighted by atomic mass is 15.1. The summed E-state index contributed by atoms with van der Waals surface area (Å²) in [5.74, 6) is 0. The van der Waals surface area contributed by atoms with E-state index in [9.17, 15) is 0 Å². The lowest BCUT2D eigenvalue weighted by Crippen LogP contribution is -2.17. The molecule has 0 fully saturated rings. The van der Waals surface area contributed by atoms with Crippen LogP contribution >= 0.6 is 0 Å². The molecule has 0 saturated carbocycles. The van der Waals surface area contributed by atoms with Crippen molar-refractivity contribution in [2.45, 2.75) is 26.2 Å². The van der Waals surface area contributed by atoms with E-state index in [4.69, 9.17) is 0 Å². The van der Waals surface area contributed by atoms with Gasteiger partial charge in [0.15, 0.2) is 0 Å². The van der Waals surface area contributed by atoms with Crippen LogP contribution < -0.4 is 10.2 Å². The Hall–Kier alpha value is -1.44. The first-order chi connectivity index (χ1) is 7.77. The molecule has 0 aliphatic rings. The first-order valence-electron chi connectivity index (χ1n) is 5.96. The number of benzene rings is 1. The fourth-order valence-corrected chi connectivity index (χ4v) is 1.76. The highest BCUT2D eigenvalue weighted by Gasteiger charge is 2.16. The summed E-state index contributed by atoms with van der Waals surface area (Å²) < 4.78 is 0. The third-order valence-electron chi connectivity index (χ3n) is 2.97. The van der Waals surface area contributed by atoms with Crippen molar-refractivity contribution in [3.05, 3.63) is 35.9 Å². The summed E-state index contributed by atoms with van der Waals surface area (Å²) in [5, 5.41) is 3.11. The number of nitrogens with zero attached hydrogens (tertiary/aromatic N) is 1. The molecule has 0 atom stereocenters. The predicted molar refractivity (Wildman–Crippen MR) is 77.6 cm³/mol. The van der Waals surface area contributed by atoms with Crippen LogP contribution in [0.3, 0.4) is 0 Å². The SMILES string of the molecule is C=C(NC)c1ccc(C(C)(C)C)cc1N(C)C. The minimum absolute atomic E-state index is 0.171. The molecule has 2 heteroatoms. The standard InChI is InChI=1S/C15H24N2/c1-11(16-5)13-9-8-12(15(2,3)4)10-14(13)17(6)7/h8-10,16H,1H2,2-7H3. The third-order valence-corrected chi connectivity index (χ3v) is 2.97. The number of anilines is 1. The van der Waals surface area contributed by atoms with Gasteiger partial charge in [-0.15, -0.1) is 0 Å². The summed E-state index contributed by atoms with van der Waals surface area (Å²) in [6, 6.07) is 6.58. The number of hydrogen-bond acceptors (Lipinski definition) is 2. The van der Waals surface area contributed by atoms with E-state index >= 15 is 0 Å². The molecule has 0 aliphatic carbocycles. The highest BCUT2D eigenvalue weighted by molar-refractivity contribution is 5.75. The normalized spacial score (nSPS) is 11.2. The van der Waals surface area contributed by atoms with Crippen LogP contribution in [0.2, 0.25) is 0 Å². The monoisotopic (exact) mass is 232 g/mol. The van der Waals surface area contributed by atoms with E-state index < -0.39 is 0 Å². The third kappa shape index (κ3) is 3.02. The topological polar surface area (TPSA) is 15.3 Å². The average molecular weight is 232 g/mol. The molecule has 1 N–H and O–H groups in total. The van der Waals surface area contributed by atoms with Crippen LogP contribution in [-0.4, -0.2) is 21.1 Å². The average Bonchev–Trinajstić information content (AvgIpc) is 2.25. The van der Waals surface area contributed by atoms with Crippen molar-refractivity contribution in [2.24, 2.45) is 0 Å². The zero-order valence-electron chi connectivity index (χ0n) is 11.9. The molecule has 0 spiro atoms. The minimum atomic E-state index is 0.171. The lowest BCUT2D eigenvalue weighted by Gasteiger charge is -2.25. The van der Waals surface area contributed by atoms with Crippen LogP contribution in [0.25, 0.3) is 5.70 Å². The zero-order chi connectivity index (χ0) is 13.2. The van der Waals surface area contributed by atoms with Crippen LogP contribution in [0.15, 0.2) is 24.8 Å². The number of nitrogens with one attached hydrogen (secondary N) is 1. The van der Waals surface area contributed by atoms with E-state index in [0.717, 1.165) is 11.3 Å². The Morgan fingerprint density at radius 2 is 1.82 bits per heavy atom. The first-order valence-corrected chi connectivity index (χ1v) is 5.96. The molecule has 94 valence electrons. The van der Waals surface area contributed by atoms with Crippen LogP contribution in [0.4, 0.5) is 5.69 Å². The van der Waals surface area contributed by atoms with Gasteiger partial charge in [0.05, 0.1) is 0 Å².